The predicted molar refractivity (Wildman–Crippen MR) is 85.9 cm³/mol. The molecule has 0 unspecified atom stereocenters. The molecule has 0 radical (unpaired) electrons. The number of rotatable bonds is 7. The second kappa shape index (κ2) is 8.85. The lowest BCUT2D eigenvalue weighted by Gasteiger charge is -2.22. The zero-order valence-corrected chi connectivity index (χ0v) is 13.6. The summed E-state index contributed by atoms with van der Waals surface area (Å²) in [6, 6.07) is 8.29. The number of nitrogens with zero attached hydrogens (tertiary/aromatic N) is 3. The molecule has 0 aliphatic heterocycles. The van der Waals surface area contributed by atoms with Crippen molar-refractivity contribution >= 4 is 5.96 Å². The maximum absolute atomic E-state index is 12.2. The molecule has 2 aromatic rings. The van der Waals surface area contributed by atoms with Crippen molar-refractivity contribution in [2.45, 2.75) is 26.6 Å². The third kappa shape index (κ3) is 5.53. The van der Waals surface area contributed by atoms with E-state index in [9.17, 15) is 8.78 Å². The van der Waals surface area contributed by atoms with Crippen LogP contribution in [0.2, 0.25) is 0 Å². The van der Waals surface area contributed by atoms with E-state index in [1.165, 1.54) is 18.4 Å². The van der Waals surface area contributed by atoms with E-state index in [1.54, 1.807) is 18.2 Å². The number of guanidine groups is 1. The van der Waals surface area contributed by atoms with E-state index in [4.69, 9.17) is 4.52 Å². The molecule has 1 N–H and O–H groups in total. The third-order valence-corrected chi connectivity index (χ3v) is 3.15. The fraction of sp³-hybridized carbons (Fsp3) is 0.375. The van der Waals surface area contributed by atoms with Crippen molar-refractivity contribution in [1.82, 2.24) is 15.4 Å². The number of nitrogens with one attached hydrogen (secondary N) is 1. The minimum Gasteiger partial charge on any atom is -0.435 e. The Morgan fingerprint density at radius 1 is 1.33 bits per heavy atom. The molecule has 1 aromatic carbocycles. The van der Waals surface area contributed by atoms with Gasteiger partial charge in [-0.05, 0) is 24.6 Å². The van der Waals surface area contributed by atoms with Crippen LogP contribution in [0, 0.1) is 0 Å². The van der Waals surface area contributed by atoms with Gasteiger partial charge in [-0.15, -0.1) is 0 Å². The van der Waals surface area contributed by atoms with Crippen molar-refractivity contribution in [3.63, 3.8) is 0 Å². The van der Waals surface area contributed by atoms with Crippen LogP contribution in [0.5, 0.6) is 5.75 Å². The molecule has 130 valence electrons. The van der Waals surface area contributed by atoms with Crippen LogP contribution in [0.15, 0.2) is 46.1 Å². The van der Waals surface area contributed by atoms with Gasteiger partial charge in [0.2, 0.25) is 0 Å². The van der Waals surface area contributed by atoms with E-state index in [0.29, 0.717) is 19.0 Å². The molecular formula is C16H20F2N4O2. The van der Waals surface area contributed by atoms with Gasteiger partial charge in [0.05, 0.1) is 6.54 Å². The van der Waals surface area contributed by atoms with Crippen LogP contribution in [-0.2, 0) is 13.1 Å². The molecule has 0 atom stereocenters. The fourth-order valence-electron chi connectivity index (χ4n) is 2.07. The van der Waals surface area contributed by atoms with Gasteiger partial charge < -0.3 is 19.5 Å². The first-order chi connectivity index (χ1) is 11.6. The van der Waals surface area contributed by atoms with E-state index in [1.807, 2.05) is 18.9 Å². The number of hydrogen-bond acceptors (Lipinski definition) is 4. The highest BCUT2D eigenvalue weighted by molar-refractivity contribution is 5.79. The Balaban J connectivity index is 1.98. The van der Waals surface area contributed by atoms with Gasteiger partial charge in [-0.1, -0.05) is 17.3 Å². The highest BCUT2D eigenvalue weighted by Crippen LogP contribution is 2.15. The Morgan fingerprint density at radius 3 is 2.67 bits per heavy atom. The highest BCUT2D eigenvalue weighted by Gasteiger charge is 2.08. The Morgan fingerprint density at radius 2 is 2.08 bits per heavy atom. The first-order valence-corrected chi connectivity index (χ1v) is 7.51. The van der Waals surface area contributed by atoms with Crippen molar-refractivity contribution < 1.29 is 18.0 Å². The molecule has 0 spiro atoms. The number of ether oxygens (including phenoxy) is 1. The molecule has 0 amide bonds. The van der Waals surface area contributed by atoms with Crippen LogP contribution in [0.3, 0.4) is 0 Å². The maximum atomic E-state index is 12.2. The number of hydrogen-bond donors (Lipinski definition) is 1. The SMILES string of the molecule is CCNC(=NCc1ccon1)N(C)Cc1ccc(OC(F)F)cc1. The molecule has 0 aliphatic carbocycles. The lowest BCUT2D eigenvalue weighted by Crippen LogP contribution is -2.38. The normalized spacial score (nSPS) is 11.6. The van der Waals surface area contributed by atoms with Gasteiger partial charge in [-0.3, -0.25) is 0 Å². The summed E-state index contributed by atoms with van der Waals surface area (Å²) >= 11 is 0. The van der Waals surface area contributed by atoms with Gasteiger partial charge in [-0.2, -0.15) is 8.78 Å². The van der Waals surface area contributed by atoms with Crippen LogP contribution in [-0.4, -0.2) is 36.2 Å². The third-order valence-electron chi connectivity index (χ3n) is 3.15. The molecule has 24 heavy (non-hydrogen) atoms. The Labute approximate surface area is 139 Å². The molecule has 2 rings (SSSR count). The molecule has 6 nitrogen and oxygen atoms in total. The second-order valence-corrected chi connectivity index (χ2v) is 5.04. The molecule has 8 heteroatoms. The summed E-state index contributed by atoms with van der Waals surface area (Å²) in [5, 5.41) is 7.02. The lowest BCUT2D eigenvalue weighted by atomic mass is 10.2. The fourth-order valence-corrected chi connectivity index (χ4v) is 2.07. The van der Waals surface area contributed by atoms with Crippen LogP contribution < -0.4 is 10.1 Å². The molecule has 1 aromatic heterocycles. The topological polar surface area (TPSA) is 62.9 Å². The average Bonchev–Trinajstić information content (AvgIpc) is 3.06. The molecule has 0 bridgehead atoms. The standard InChI is InChI=1S/C16H20F2N4O2/c1-3-19-16(20-10-13-8-9-23-21-13)22(2)11-12-4-6-14(7-5-12)24-15(17)18/h4-9,15H,3,10-11H2,1-2H3,(H,19,20). The zero-order valence-electron chi connectivity index (χ0n) is 13.6. The van der Waals surface area contributed by atoms with E-state index in [-0.39, 0.29) is 5.75 Å². The first kappa shape index (κ1) is 17.7. The van der Waals surface area contributed by atoms with Crippen molar-refractivity contribution in [3.8, 4) is 5.75 Å². The quantitative estimate of drug-likeness (QED) is 0.621. The highest BCUT2D eigenvalue weighted by atomic mass is 19.3. The van der Waals surface area contributed by atoms with E-state index in [2.05, 4.69) is 20.2 Å². The second-order valence-electron chi connectivity index (χ2n) is 5.04. The van der Waals surface area contributed by atoms with Gasteiger partial charge in [0.25, 0.3) is 0 Å². The number of aromatic nitrogens is 1. The van der Waals surface area contributed by atoms with Gasteiger partial charge in [0, 0.05) is 26.2 Å². The van der Waals surface area contributed by atoms with Crippen LogP contribution in [0.1, 0.15) is 18.2 Å². The van der Waals surface area contributed by atoms with Gasteiger partial charge in [0.1, 0.15) is 17.7 Å². The minimum atomic E-state index is -2.82. The van der Waals surface area contributed by atoms with Crippen LogP contribution in [0.4, 0.5) is 8.78 Å². The van der Waals surface area contributed by atoms with Crippen LogP contribution in [0.25, 0.3) is 0 Å². The van der Waals surface area contributed by atoms with Crippen molar-refractivity contribution in [3.05, 3.63) is 47.9 Å². The molecule has 0 saturated heterocycles. The summed E-state index contributed by atoms with van der Waals surface area (Å²) in [7, 11) is 1.90. The largest absolute Gasteiger partial charge is 0.435 e. The Kier molecular flexibility index (Phi) is 6.53. The summed E-state index contributed by atoms with van der Waals surface area (Å²) in [4.78, 5) is 6.43. The number of halogens is 2. The summed E-state index contributed by atoms with van der Waals surface area (Å²) in [6.45, 7) is 0.866. The van der Waals surface area contributed by atoms with Crippen molar-refractivity contribution in [1.29, 1.82) is 0 Å². The van der Waals surface area contributed by atoms with E-state index < -0.39 is 6.61 Å². The maximum Gasteiger partial charge on any atom is 0.387 e. The lowest BCUT2D eigenvalue weighted by molar-refractivity contribution is -0.0498. The van der Waals surface area contributed by atoms with Crippen molar-refractivity contribution in [2.75, 3.05) is 13.6 Å². The van der Waals surface area contributed by atoms with E-state index in [0.717, 1.165) is 17.8 Å². The molecule has 0 saturated carbocycles. The van der Waals surface area contributed by atoms with Crippen molar-refractivity contribution in [2.24, 2.45) is 4.99 Å². The van der Waals surface area contributed by atoms with Gasteiger partial charge in [0.15, 0.2) is 5.96 Å². The molecule has 1 heterocycles. The first-order valence-electron chi connectivity index (χ1n) is 7.51. The van der Waals surface area contributed by atoms with Crippen LogP contribution >= 0.6 is 0 Å². The van der Waals surface area contributed by atoms with E-state index >= 15 is 0 Å². The summed E-state index contributed by atoms with van der Waals surface area (Å²) in [5.74, 6) is 0.858. The molecule has 0 fully saturated rings. The van der Waals surface area contributed by atoms with Gasteiger partial charge >= 0.3 is 6.61 Å². The van der Waals surface area contributed by atoms with Gasteiger partial charge in [-0.25, -0.2) is 4.99 Å². The minimum absolute atomic E-state index is 0.142. The number of aliphatic imine (C=N–C) groups is 1. The predicted octanol–water partition coefficient (Wildman–Crippen LogP) is 2.87. The number of alkyl halides is 2. The Hall–Kier alpha value is -2.64. The Bertz CT molecular complexity index is 630. The zero-order chi connectivity index (χ0) is 17.4. The summed E-state index contributed by atoms with van der Waals surface area (Å²) in [5.41, 5.74) is 1.69. The molecule has 0 aliphatic rings. The average molecular weight is 338 g/mol. The number of benzene rings is 1. The smallest absolute Gasteiger partial charge is 0.387 e. The summed E-state index contributed by atoms with van der Waals surface area (Å²) < 4.78 is 33.4. The molecular weight excluding hydrogens is 318 g/mol. The monoisotopic (exact) mass is 338 g/mol. The summed E-state index contributed by atoms with van der Waals surface area (Å²) in [6.07, 6.45) is 1.50.